The van der Waals surface area contributed by atoms with E-state index in [-0.39, 0.29) is 11.8 Å². The van der Waals surface area contributed by atoms with Crippen LogP contribution in [0.15, 0.2) is 47.0 Å². The van der Waals surface area contributed by atoms with Gasteiger partial charge in [-0.05, 0) is 18.2 Å². The fourth-order valence-corrected chi connectivity index (χ4v) is 3.55. The molecule has 0 aliphatic carbocycles. The van der Waals surface area contributed by atoms with E-state index in [4.69, 9.17) is 18.7 Å². The number of para-hydroxylation sites is 2. The summed E-state index contributed by atoms with van der Waals surface area (Å²) in [7, 11) is 4.71. The SMILES string of the molecule is COc1ccccc1Cc1noc(C2CN(C(=O)c3cccc(OC)c3OC)C2)n1. The van der Waals surface area contributed by atoms with Crippen molar-refractivity contribution >= 4 is 5.91 Å². The maximum atomic E-state index is 12.9. The first-order chi connectivity index (χ1) is 14.6. The highest BCUT2D eigenvalue weighted by molar-refractivity contribution is 5.98. The van der Waals surface area contributed by atoms with E-state index >= 15 is 0 Å². The molecule has 3 aromatic rings. The molecule has 1 aliphatic heterocycles. The first-order valence-corrected chi connectivity index (χ1v) is 9.59. The van der Waals surface area contributed by atoms with Gasteiger partial charge in [-0.15, -0.1) is 0 Å². The summed E-state index contributed by atoms with van der Waals surface area (Å²) in [6.07, 6.45) is 0.518. The summed E-state index contributed by atoms with van der Waals surface area (Å²) in [5, 5.41) is 4.09. The van der Waals surface area contributed by atoms with E-state index in [2.05, 4.69) is 10.1 Å². The Morgan fingerprint density at radius 2 is 1.77 bits per heavy atom. The molecule has 1 aromatic heterocycles. The van der Waals surface area contributed by atoms with Crippen LogP contribution in [-0.4, -0.2) is 55.4 Å². The van der Waals surface area contributed by atoms with Crippen LogP contribution in [0.1, 0.15) is 33.6 Å². The van der Waals surface area contributed by atoms with E-state index in [0.717, 1.165) is 11.3 Å². The molecule has 0 N–H and O–H groups in total. The van der Waals surface area contributed by atoms with Gasteiger partial charge in [-0.1, -0.05) is 29.4 Å². The molecule has 1 aliphatic rings. The highest BCUT2D eigenvalue weighted by Gasteiger charge is 2.37. The fraction of sp³-hybridized carbons (Fsp3) is 0.318. The molecule has 2 heterocycles. The van der Waals surface area contributed by atoms with Gasteiger partial charge in [-0.25, -0.2) is 0 Å². The van der Waals surface area contributed by atoms with Crippen molar-refractivity contribution in [3.05, 3.63) is 65.3 Å². The normalized spacial score (nSPS) is 13.6. The minimum Gasteiger partial charge on any atom is -0.496 e. The van der Waals surface area contributed by atoms with Crippen molar-refractivity contribution in [2.45, 2.75) is 12.3 Å². The first kappa shape index (κ1) is 19.8. The second-order valence-electron chi connectivity index (χ2n) is 6.99. The molecular formula is C22H23N3O5. The van der Waals surface area contributed by atoms with Crippen molar-refractivity contribution in [2.24, 2.45) is 0 Å². The molecule has 156 valence electrons. The number of rotatable bonds is 7. The van der Waals surface area contributed by atoms with Gasteiger partial charge in [0.25, 0.3) is 5.91 Å². The number of amides is 1. The Morgan fingerprint density at radius 1 is 1.03 bits per heavy atom. The van der Waals surface area contributed by atoms with Gasteiger partial charge >= 0.3 is 0 Å². The summed E-state index contributed by atoms with van der Waals surface area (Å²) in [4.78, 5) is 19.1. The van der Waals surface area contributed by atoms with E-state index < -0.39 is 0 Å². The number of nitrogens with zero attached hydrogens (tertiary/aromatic N) is 3. The number of carbonyl (C=O) groups excluding carboxylic acids is 1. The summed E-state index contributed by atoms with van der Waals surface area (Å²) < 4.78 is 21.5. The summed E-state index contributed by atoms with van der Waals surface area (Å²) in [6.45, 7) is 1.02. The Balaban J connectivity index is 1.41. The van der Waals surface area contributed by atoms with Crippen LogP contribution < -0.4 is 14.2 Å². The number of methoxy groups -OCH3 is 3. The average Bonchev–Trinajstić information content (AvgIpc) is 3.20. The Morgan fingerprint density at radius 3 is 2.50 bits per heavy atom. The number of ether oxygens (including phenoxy) is 3. The van der Waals surface area contributed by atoms with Crippen LogP contribution >= 0.6 is 0 Å². The molecular weight excluding hydrogens is 386 g/mol. The van der Waals surface area contributed by atoms with E-state index in [0.29, 0.717) is 48.3 Å². The Hall–Kier alpha value is -3.55. The Kier molecular flexibility index (Phi) is 5.56. The highest BCUT2D eigenvalue weighted by atomic mass is 16.5. The van der Waals surface area contributed by atoms with Crippen molar-refractivity contribution < 1.29 is 23.5 Å². The lowest BCUT2D eigenvalue weighted by Crippen LogP contribution is -2.48. The summed E-state index contributed by atoms with van der Waals surface area (Å²) in [5.41, 5.74) is 1.46. The topological polar surface area (TPSA) is 86.9 Å². The lowest BCUT2D eigenvalue weighted by Gasteiger charge is -2.37. The van der Waals surface area contributed by atoms with Gasteiger partial charge in [0.15, 0.2) is 17.3 Å². The number of carbonyl (C=O) groups is 1. The molecule has 8 heteroatoms. The average molecular weight is 409 g/mol. The molecule has 0 bridgehead atoms. The van der Waals surface area contributed by atoms with Gasteiger partial charge in [0.1, 0.15) is 5.75 Å². The fourth-order valence-electron chi connectivity index (χ4n) is 3.55. The van der Waals surface area contributed by atoms with Gasteiger partial charge in [-0.3, -0.25) is 4.79 Å². The zero-order valence-electron chi connectivity index (χ0n) is 17.1. The monoisotopic (exact) mass is 409 g/mol. The largest absolute Gasteiger partial charge is 0.496 e. The summed E-state index contributed by atoms with van der Waals surface area (Å²) >= 11 is 0. The third-order valence-corrected chi connectivity index (χ3v) is 5.18. The molecule has 2 aromatic carbocycles. The van der Waals surface area contributed by atoms with E-state index in [9.17, 15) is 4.79 Å². The lowest BCUT2D eigenvalue weighted by atomic mass is 9.98. The van der Waals surface area contributed by atoms with Crippen molar-refractivity contribution in [1.82, 2.24) is 15.0 Å². The smallest absolute Gasteiger partial charge is 0.257 e. The van der Waals surface area contributed by atoms with Crippen LogP contribution in [0.3, 0.4) is 0 Å². The minimum atomic E-state index is -0.115. The maximum absolute atomic E-state index is 12.9. The third kappa shape index (κ3) is 3.68. The summed E-state index contributed by atoms with van der Waals surface area (Å²) in [6, 6.07) is 13.0. The van der Waals surface area contributed by atoms with Crippen molar-refractivity contribution in [2.75, 3.05) is 34.4 Å². The minimum absolute atomic E-state index is 0.0180. The van der Waals surface area contributed by atoms with E-state index in [1.165, 1.54) is 7.11 Å². The van der Waals surface area contributed by atoms with Crippen LogP contribution in [0.4, 0.5) is 0 Å². The highest BCUT2D eigenvalue weighted by Crippen LogP contribution is 2.34. The van der Waals surface area contributed by atoms with Crippen molar-refractivity contribution in [3.8, 4) is 17.2 Å². The molecule has 30 heavy (non-hydrogen) atoms. The van der Waals surface area contributed by atoms with Crippen molar-refractivity contribution in [1.29, 1.82) is 0 Å². The van der Waals surface area contributed by atoms with Crippen LogP contribution in [0.2, 0.25) is 0 Å². The van der Waals surface area contributed by atoms with Gasteiger partial charge in [0.2, 0.25) is 5.89 Å². The van der Waals surface area contributed by atoms with Gasteiger partial charge in [0.05, 0.1) is 32.8 Å². The molecule has 0 atom stereocenters. The van der Waals surface area contributed by atoms with Crippen LogP contribution in [0.25, 0.3) is 0 Å². The number of aromatic nitrogens is 2. The standard InChI is InChI=1S/C22H23N3O5/c1-27-17-9-5-4-7-14(17)11-19-23-21(30-24-19)15-12-25(13-15)22(26)16-8-6-10-18(28-2)20(16)29-3/h4-10,15H,11-13H2,1-3H3. The molecule has 1 saturated heterocycles. The number of likely N-dealkylation sites (tertiary alicyclic amines) is 1. The van der Waals surface area contributed by atoms with Crippen LogP contribution in [-0.2, 0) is 6.42 Å². The molecule has 1 amide bonds. The first-order valence-electron chi connectivity index (χ1n) is 9.59. The Labute approximate surface area is 174 Å². The third-order valence-electron chi connectivity index (χ3n) is 5.18. The molecule has 1 fully saturated rings. The number of hydrogen-bond donors (Lipinski definition) is 0. The second kappa shape index (κ2) is 8.44. The molecule has 0 spiro atoms. The van der Waals surface area contributed by atoms with Gasteiger partial charge in [-0.2, -0.15) is 4.98 Å². The molecule has 8 nitrogen and oxygen atoms in total. The predicted octanol–water partition coefficient (Wildman–Crippen LogP) is 2.93. The quantitative estimate of drug-likeness (QED) is 0.593. The maximum Gasteiger partial charge on any atom is 0.257 e. The summed E-state index contributed by atoms with van der Waals surface area (Å²) in [5.74, 6) is 2.79. The Bertz CT molecular complexity index is 1040. The van der Waals surface area contributed by atoms with E-state index in [1.54, 1.807) is 37.3 Å². The zero-order chi connectivity index (χ0) is 21.1. The predicted molar refractivity (Wildman–Crippen MR) is 108 cm³/mol. The van der Waals surface area contributed by atoms with Gasteiger partial charge in [0, 0.05) is 25.1 Å². The van der Waals surface area contributed by atoms with Crippen molar-refractivity contribution in [3.63, 3.8) is 0 Å². The van der Waals surface area contributed by atoms with Crippen LogP contribution in [0, 0.1) is 0 Å². The molecule has 4 rings (SSSR count). The number of hydrogen-bond acceptors (Lipinski definition) is 7. The second-order valence-corrected chi connectivity index (χ2v) is 6.99. The molecule has 0 unspecified atom stereocenters. The van der Waals surface area contributed by atoms with E-state index in [1.807, 2.05) is 24.3 Å². The zero-order valence-corrected chi connectivity index (χ0v) is 17.1. The molecule has 0 saturated carbocycles. The number of benzene rings is 2. The van der Waals surface area contributed by atoms with Gasteiger partial charge < -0.3 is 23.6 Å². The van der Waals surface area contributed by atoms with Crippen LogP contribution in [0.5, 0.6) is 17.2 Å². The lowest BCUT2D eigenvalue weighted by molar-refractivity contribution is 0.0565. The molecule has 0 radical (unpaired) electrons.